The van der Waals surface area contributed by atoms with E-state index in [1.807, 2.05) is 31.3 Å². The van der Waals surface area contributed by atoms with Crippen LogP contribution in [0.3, 0.4) is 0 Å². The molecule has 0 spiro atoms. The van der Waals surface area contributed by atoms with Gasteiger partial charge in [0.25, 0.3) is 0 Å². The molecule has 0 aliphatic rings. The van der Waals surface area contributed by atoms with Crippen molar-refractivity contribution in [3.8, 4) is 0 Å². The maximum atomic E-state index is 13.3. The van der Waals surface area contributed by atoms with Gasteiger partial charge in [-0.25, -0.2) is 4.39 Å². The molecular weight excluding hydrogens is 296 g/mol. The van der Waals surface area contributed by atoms with Gasteiger partial charge in [-0.2, -0.15) is 0 Å². The van der Waals surface area contributed by atoms with Gasteiger partial charge < -0.3 is 5.32 Å². The first-order valence-electron chi connectivity index (χ1n) is 6.44. The van der Waals surface area contributed by atoms with Crippen molar-refractivity contribution in [1.82, 2.24) is 5.32 Å². The van der Waals surface area contributed by atoms with Crippen LogP contribution >= 0.6 is 23.2 Å². The quantitative estimate of drug-likeness (QED) is 0.845. The third kappa shape index (κ3) is 3.95. The van der Waals surface area contributed by atoms with E-state index < -0.39 is 0 Å². The minimum Gasteiger partial charge on any atom is -0.319 e. The molecule has 0 radical (unpaired) electrons. The third-order valence-electron chi connectivity index (χ3n) is 3.27. The molecule has 1 N–H and O–H groups in total. The van der Waals surface area contributed by atoms with Crippen molar-refractivity contribution in [3.05, 3.63) is 69.5 Å². The predicted octanol–water partition coefficient (Wildman–Crippen LogP) is 4.68. The lowest BCUT2D eigenvalue weighted by Gasteiger charge is -2.18. The Kier molecular flexibility index (Phi) is 5.41. The molecular formula is C16H16Cl2FN. The monoisotopic (exact) mass is 311 g/mol. The molecule has 0 aliphatic heterocycles. The summed E-state index contributed by atoms with van der Waals surface area (Å²) >= 11 is 12.1. The molecule has 0 saturated carbocycles. The van der Waals surface area contributed by atoms with Crippen LogP contribution in [-0.4, -0.2) is 13.6 Å². The Morgan fingerprint density at radius 2 is 1.80 bits per heavy atom. The Balaban J connectivity index is 2.25. The zero-order valence-corrected chi connectivity index (χ0v) is 12.7. The first kappa shape index (κ1) is 15.3. The minimum atomic E-state index is -0.260. The molecule has 0 heterocycles. The summed E-state index contributed by atoms with van der Waals surface area (Å²) in [6.45, 7) is 0.786. The van der Waals surface area contributed by atoms with Gasteiger partial charge in [-0.3, -0.25) is 0 Å². The van der Waals surface area contributed by atoms with Crippen LogP contribution in [0.15, 0.2) is 42.5 Å². The van der Waals surface area contributed by atoms with Crippen molar-refractivity contribution in [2.75, 3.05) is 13.6 Å². The zero-order chi connectivity index (χ0) is 14.5. The number of likely N-dealkylation sites (N-methyl/N-ethyl adjacent to an activating group) is 1. The number of hydrogen-bond acceptors (Lipinski definition) is 1. The summed E-state index contributed by atoms with van der Waals surface area (Å²) < 4.78 is 13.3. The van der Waals surface area contributed by atoms with Crippen molar-refractivity contribution in [1.29, 1.82) is 0 Å². The molecule has 2 aromatic rings. The Bertz CT molecular complexity index is 569. The van der Waals surface area contributed by atoms with Crippen molar-refractivity contribution in [3.63, 3.8) is 0 Å². The third-order valence-corrected chi connectivity index (χ3v) is 3.89. The van der Waals surface area contributed by atoms with Crippen molar-refractivity contribution >= 4 is 23.2 Å². The number of benzene rings is 2. The Morgan fingerprint density at radius 1 is 1.10 bits per heavy atom. The van der Waals surface area contributed by atoms with Crippen LogP contribution in [0.5, 0.6) is 0 Å². The zero-order valence-electron chi connectivity index (χ0n) is 11.2. The molecule has 0 aromatic heterocycles. The van der Waals surface area contributed by atoms with Crippen LogP contribution < -0.4 is 5.32 Å². The van der Waals surface area contributed by atoms with Crippen LogP contribution in [0.4, 0.5) is 4.39 Å². The fourth-order valence-corrected chi connectivity index (χ4v) is 2.58. The standard InChI is InChI=1S/C16H16Cl2FN/c1-20-10-13(11-2-4-14(17)5-3-11)8-12-9-15(19)6-7-16(12)18/h2-7,9,13,20H,8,10H2,1H3. The van der Waals surface area contributed by atoms with E-state index in [-0.39, 0.29) is 11.7 Å². The second kappa shape index (κ2) is 7.07. The second-order valence-electron chi connectivity index (χ2n) is 4.75. The van der Waals surface area contributed by atoms with Crippen LogP contribution in [-0.2, 0) is 6.42 Å². The first-order chi connectivity index (χ1) is 9.60. The summed E-state index contributed by atoms with van der Waals surface area (Å²) in [4.78, 5) is 0. The minimum absolute atomic E-state index is 0.219. The maximum Gasteiger partial charge on any atom is 0.123 e. The van der Waals surface area contributed by atoms with E-state index in [1.54, 1.807) is 6.07 Å². The summed E-state index contributed by atoms with van der Waals surface area (Å²) in [6, 6.07) is 12.2. The summed E-state index contributed by atoms with van der Waals surface area (Å²) in [5, 5.41) is 4.47. The topological polar surface area (TPSA) is 12.0 Å². The molecule has 1 atom stereocenters. The molecule has 1 nitrogen and oxygen atoms in total. The number of halogens is 3. The summed E-state index contributed by atoms with van der Waals surface area (Å²) in [5.74, 6) is -0.0414. The second-order valence-corrected chi connectivity index (χ2v) is 5.59. The average molecular weight is 312 g/mol. The van der Waals surface area contributed by atoms with Crippen LogP contribution in [0, 0.1) is 5.82 Å². The lowest BCUT2D eigenvalue weighted by Crippen LogP contribution is -2.19. The molecule has 1 unspecified atom stereocenters. The van der Waals surface area contributed by atoms with Crippen molar-refractivity contribution in [2.24, 2.45) is 0 Å². The van der Waals surface area contributed by atoms with Crippen molar-refractivity contribution < 1.29 is 4.39 Å². The van der Waals surface area contributed by atoms with Gasteiger partial charge in [0, 0.05) is 22.5 Å². The Hall–Kier alpha value is -1.09. The number of nitrogens with one attached hydrogen (secondary N) is 1. The largest absolute Gasteiger partial charge is 0.319 e. The van der Waals surface area contributed by atoms with Gasteiger partial charge in [-0.15, -0.1) is 0 Å². The van der Waals surface area contributed by atoms with Crippen LogP contribution in [0.1, 0.15) is 17.0 Å². The lowest BCUT2D eigenvalue weighted by atomic mass is 9.92. The molecule has 4 heteroatoms. The molecule has 106 valence electrons. The maximum absolute atomic E-state index is 13.3. The van der Waals surface area contributed by atoms with E-state index in [1.165, 1.54) is 12.1 Å². The van der Waals surface area contributed by atoms with Crippen molar-refractivity contribution in [2.45, 2.75) is 12.3 Å². The molecule has 20 heavy (non-hydrogen) atoms. The average Bonchev–Trinajstić information content (AvgIpc) is 2.43. The van der Waals surface area contributed by atoms with Gasteiger partial charge in [-0.05, 0) is 54.9 Å². The normalized spacial score (nSPS) is 12.4. The molecule has 0 aliphatic carbocycles. The predicted molar refractivity (Wildman–Crippen MR) is 83.2 cm³/mol. The number of hydrogen-bond donors (Lipinski definition) is 1. The smallest absolute Gasteiger partial charge is 0.123 e. The van der Waals surface area contributed by atoms with Crippen LogP contribution in [0.2, 0.25) is 10.0 Å². The van der Waals surface area contributed by atoms with Gasteiger partial charge in [0.15, 0.2) is 0 Å². The van der Waals surface area contributed by atoms with E-state index >= 15 is 0 Å². The molecule has 0 amide bonds. The molecule has 0 fully saturated rings. The first-order valence-corrected chi connectivity index (χ1v) is 7.19. The van der Waals surface area contributed by atoms with Gasteiger partial charge in [0.2, 0.25) is 0 Å². The molecule has 2 rings (SSSR count). The molecule has 0 saturated heterocycles. The Labute approximate surface area is 128 Å². The van der Waals surface area contributed by atoms with E-state index in [2.05, 4.69) is 5.32 Å². The summed E-state index contributed by atoms with van der Waals surface area (Å²) in [6.07, 6.45) is 0.680. The fourth-order valence-electron chi connectivity index (χ4n) is 2.25. The van der Waals surface area contributed by atoms with Crippen LogP contribution in [0.25, 0.3) is 0 Å². The molecule has 2 aromatic carbocycles. The highest BCUT2D eigenvalue weighted by atomic mass is 35.5. The highest BCUT2D eigenvalue weighted by molar-refractivity contribution is 6.31. The fraction of sp³-hybridized carbons (Fsp3) is 0.250. The summed E-state index contributed by atoms with van der Waals surface area (Å²) in [5.41, 5.74) is 1.98. The van der Waals surface area contributed by atoms with Gasteiger partial charge in [0.1, 0.15) is 5.82 Å². The SMILES string of the molecule is CNCC(Cc1cc(F)ccc1Cl)c1ccc(Cl)cc1. The number of rotatable bonds is 5. The van der Waals surface area contributed by atoms with Gasteiger partial charge >= 0.3 is 0 Å². The van der Waals surface area contributed by atoms with E-state index in [4.69, 9.17) is 23.2 Å². The Morgan fingerprint density at radius 3 is 2.45 bits per heavy atom. The van der Waals surface area contributed by atoms with E-state index in [0.717, 1.165) is 17.7 Å². The van der Waals surface area contributed by atoms with E-state index in [0.29, 0.717) is 16.5 Å². The highest BCUT2D eigenvalue weighted by Crippen LogP contribution is 2.26. The summed E-state index contributed by atoms with van der Waals surface area (Å²) in [7, 11) is 1.90. The van der Waals surface area contributed by atoms with Gasteiger partial charge in [-0.1, -0.05) is 35.3 Å². The van der Waals surface area contributed by atoms with Gasteiger partial charge in [0.05, 0.1) is 0 Å². The highest BCUT2D eigenvalue weighted by Gasteiger charge is 2.14. The van der Waals surface area contributed by atoms with E-state index in [9.17, 15) is 4.39 Å². The lowest BCUT2D eigenvalue weighted by molar-refractivity contribution is 0.608. The molecule has 0 bridgehead atoms.